The van der Waals surface area contributed by atoms with E-state index in [0.29, 0.717) is 35.4 Å². The lowest BCUT2D eigenvalue weighted by atomic mass is 9.57. The van der Waals surface area contributed by atoms with Gasteiger partial charge in [-0.25, -0.2) is 0 Å². The number of benzene rings is 1. The number of primary amides is 1. The van der Waals surface area contributed by atoms with E-state index in [9.17, 15) is 54.0 Å². The molecule has 2 aliphatic heterocycles. The standard InChI is InChI=1S/C50H63N5O14S2/c1-26(56)68-24-28-25-71-48-39(52-34(57)23-29-15-14-20-70-29)47(64)55(48)40(28)49(65)67-19-13-11-9-7-6-8-10-12-16-35(58)69-33-18-17-32(53(2)3)30-21-27-22-31-41(54(4)5)43(60)38(46(51)63)45(62)50(31,66)44(61)36(27)42(59)37(30)33/h14-15,17-18,20,27,31,39,41,48-49,59,62,65-66H,6-13,16,19,21-25H2,1-5H3,(H2,51,63)(H,52,57)/t27-,31-,39+,41-,48+,49?,50-/m0/s1. The van der Waals surface area contributed by atoms with Gasteiger partial charge in [0.2, 0.25) is 11.7 Å². The molecular formula is C50H63N5O14S2. The van der Waals surface area contributed by atoms with Crippen molar-refractivity contribution in [1.82, 2.24) is 15.1 Å². The number of ketones is 2. The van der Waals surface area contributed by atoms with E-state index in [2.05, 4.69) is 5.32 Å². The number of rotatable bonds is 22. The van der Waals surface area contributed by atoms with E-state index in [1.807, 2.05) is 22.4 Å². The lowest BCUT2D eigenvalue weighted by Gasteiger charge is -2.51. The molecule has 0 bridgehead atoms. The van der Waals surface area contributed by atoms with E-state index in [1.54, 1.807) is 34.3 Å². The van der Waals surface area contributed by atoms with Crippen LogP contribution in [0.1, 0.15) is 87.1 Å². The summed E-state index contributed by atoms with van der Waals surface area (Å²) < 4.78 is 16.9. The number of thiophene rings is 1. The second-order valence-electron chi connectivity index (χ2n) is 19.0. The van der Waals surface area contributed by atoms with Crippen molar-refractivity contribution in [3.8, 4) is 5.75 Å². The number of aliphatic hydroxyl groups is 4. The Kier molecular flexibility index (Phi) is 16.8. The molecular weight excluding hydrogens is 959 g/mol. The van der Waals surface area contributed by atoms with Gasteiger partial charge in [-0.15, -0.1) is 23.1 Å². The number of hydrogen-bond donors (Lipinski definition) is 6. The summed E-state index contributed by atoms with van der Waals surface area (Å²) in [5, 5.41) is 50.5. The van der Waals surface area contributed by atoms with Crippen LogP contribution in [0.5, 0.6) is 5.75 Å². The fraction of sp³-hybridized carbons (Fsp3) is 0.540. The number of nitrogens with two attached hydrogens (primary N) is 1. The Morgan fingerprint density at radius 3 is 2.31 bits per heavy atom. The van der Waals surface area contributed by atoms with Crippen molar-refractivity contribution in [3.63, 3.8) is 0 Å². The summed E-state index contributed by atoms with van der Waals surface area (Å²) in [6.45, 7) is 1.40. The predicted octanol–water partition coefficient (Wildman–Crippen LogP) is 3.60. The first-order chi connectivity index (χ1) is 33.8. The average molecular weight is 1020 g/mol. The zero-order valence-electron chi connectivity index (χ0n) is 40.6. The molecule has 3 aliphatic carbocycles. The third-order valence-corrected chi connectivity index (χ3v) is 16.0. The molecule has 1 saturated carbocycles. The van der Waals surface area contributed by atoms with Crippen molar-refractivity contribution < 1.29 is 68.2 Å². The highest BCUT2D eigenvalue weighted by Gasteiger charge is 2.64. The first-order valence-electron chi connectivity index (χ1n) is 23.9. The van der Waals surface area contributed by atoms with Gasteiger partial charge in [0, 0.05) is 60.8 Å². The molecule has 1 saturated heterocycles. The van der Waals surface area contributed by atoms with Crippen LogP contribution in [0.3, 0.4) is 0 Å². The van der Waals surface area contributed by atoms with Crippen LogP contribution in [0.4, 0.5) is 5.69 Å². The van der Waals surface area contributed by atoms with Crippen molar-refractivity contribution in [1.29, 1.82) is 0 Å². The van der Waals surface area contributed by atoms with Crippen LogP contribution in [-0.2, 0) is 55.9 Å². The number of hydrogen-bond acceptors (Lipinski definition) is 18. The molecule has 7 rings (SSSR count). The second kappa shape index (κ2) is 22.5. The number of likely N-dealkylation sites (N-methyl/N-ethyl adjacent to an activating group) is 1. The van der Waals surface area contributed by atoms with Crippen molar-refractivity contribution >= 4 is 75.8 Å². The molecule has 7 N–H and O–H groups in total. The molecule has 7 atom stereocenters. The highest BCUT2D eigenvalue weighted by molar-refractivity contribution is 8.00. The molecule has 19 nitrogen and oxygen atoms in total. The second-order valence-corrected chi connectivity index (χ2v) is 21.2. The number of fused-ring (bicyclic) bond motifs is 4. The molecule has 1 aromatic carbocycles. The molecule has 0 radical (unpaired) electrons. The number of carbonyl (C=O) groups excluding carboxylic acids is 7. The Hall–Kier alpha value is -5.58. The zero-order chi connectivity index (χ0) is 51.5. The number of carbonyl (C=O) groups is 7. The molecule has 2 aromatic rings. The van der Waals surface area contributed by atoms with E-state index >= 15 is 0 Å². The lowest BCUT2D eigenvalue weighted by Crippen LogP contribution is -2.71. The van der Waals surface area contributed by atoms with E-state index < -0.39 is 87.7 Å². The van der Waals surface area contributed by atoms with Crippen molar-refractivity contribution in [2.75, 3.05) is 52.1 Å². The maximum absolute atomic E-state index is 14.4. The van der Waals surface area contributed by atoms with Crippen molar-refractivity contribution in [2.45, 2.75) is 113 Å². The molecule has 3 heterocycles. The Labute approximate surface area is 420 Å². The maximum atomic E-state index is 14.4. The zero-order valence-corrected chi connectivity index (χ0v) is 42.2. The lowest BCUT2D eigenvalue weighted by molar-refractivity contribution is -0.154. The van der Waals surface area contributed by atoms with Crippen LogP contribution in [0, 0.1) is 11.8 Å². The average Bonchev–Trinajstić information content (AvgIpc) is 3.82. The number of anilines is 1. The topological polar surface area (TPSA) is 276 Å². The molecule has 71 heavy (non-hydrogen) atoms. The van der Waals surface area contributed by atoms with E-state index in [1.165, 1.54) is 45.9 Å². The summed E-state index contributed by atoms with van der Waals surface area (Å²) in [6, 6.07) is 5.07. The summed E-state index contributed by atoms with van der Waals surface area (Å²) in [4.78, 5) is 96.7. The van der Waals surface area contributed by atoms with Crippen LogP contribution in [0.15, 0.2) is 57.8 Å². The first-order valence-corrected chi connectivity index (χ1v) is 25.8. The Morgan fingerprint density at radius 1 is 0.986 bits per heavy atom. The minimum atomic E-state index is -2.73. The minimum Gasteiger partial charge on any atom is -0.508 e. The largest absolute Gasteiger partial charge is 0.508 e. The van der Waals surface area contributed by atoms with Gasteiger partial charge in [0.15, 0.2) is 17.7 Å². The van der Waals surface area contributed by atoms with E-state index in [4.69, 9.17) is 19.9 Å². The Balaban J connectivity index is 0.871. The predicted molar refractivity (Wildman–Crippen MR) is 263 cm³/mol. The number of β-lactam (4-membered cyclic amide) rings is 1. The number of esters is 2. The molecule has 1 unspecified atom stereocenters. The van der Waals surface area contributed by atoms with Gasteiger partial charge in [-0.3, -0.25) is 43.4 Å². The molecule has 0 spiro atoms. The van der Waals surface area contributed by atoms with Crippen molar-refractivity contribution in [3.05, 3.63) is 73.8 Å². The number of amides is 3. The number of unbranched alkanes of at least 4 members (excludes halogenated alkanes) is 7. The van der Waals surface area contributed by atoms with Crippen LogP contribution in [0.2, 0.25) is 0 Å². The number of aliphatic hydroxyl groups excluding tert-OH is 3. The van der Waals surface area contributed by atoms with Crippen LogP contribution < -0.4 is 20.7 Å². The minimum absolute atomic E-state index is 0.00695. The van der Waals surface area contributed by atoms with Crippen LogP contribution >= 0.6 is 23.1 Å². The highest BCUT2D eigenvalue weighted by Crippen LogP contribution is 2.54. The van der Waals surface area contributed by atoms with Gasteiger partial charge in [0.1, 0.15) is 40.9 Å². The van der Waals surface area contributed by atoms with Gasteiger partial charge in [0.05, 0.1) is 30.3 Å². The number of thioether (sulfide) groups is 1. The summed E-state index contributed by atoms with van der Waals surface area (Å²) in [5.74, 6) is -7.98. The van der Waals surface area contributed by atoms with Crippen molar-refractivity contribution in [2.24, 2.45) is 17.6 Å². The Bertz CT molecular complexity index is 2540. The van der Waals surface area contributed by atoms with Gasteiger partial charge >= 0.3 is 11.9 Å². The summed E-state index contributed by atoms with van der Waals surface area (Å²) >= 11 is 2.87. The third kappa shape index (κ3) is 10.8. The number of ether oxygens (including phenoxy) is 3. The first kappa shape index (κ1) is 53.2. The SMILES string of the molecule is CC(=O)OCC1=C(C(O)OCCCCCCCCCCC(=O)Oc2ccc(N(C)C)c3c2C(O)=C2C(=O)[C@]4(O)C(O)=C(C(N)=O)C(=O)[C@@H](N(C)C)[C@@H]4C[C@@H]2C3)N2C(=O)[C@@H](NC(=O)Cc3cccs3)[C@H]2SC1. The van der Waals surface area contributed by atoms with Gasteiger partial charge in [0.25, 0.3) is 11.8 Å². The maximum Gasteiger partial charge on any atom is 0.311 e. The van der Waals surface area contributed by atoms with E-state index in [-0.39, 0.29) is 73.3 Å². The smallest absolute Gasteiger partial charge is 0.311 e. The number of Topliss-reactive ketones (excluding diaryl/α,β-unsaturated/α-hetero) is 2. The molecule has 1 aromatic heterocycles. The molecule has 21 heteroatoms. The normalized spacial score (nSPS) is 24.2. The molecule has 5 aliphatic rings. The summed E-state index contributed by atoms with van der Waals surface area (Å²) in [6.07, 6.45) is 5.40. The summed E-state index contributed by atoms with van der Waals surface area (Å²) in [5.41, 5.74) is 3.87. The molecule has 384 valence electrons. The van der Waals surface area contributed by atoms with Gasteiger partial charge < -0.3 is 50.6 Å². The van der Waals surface area contributed by atoms with Crippen LogP contribution in [0.25, 0.3) is 5.76 Å². The fourth-order valence-corrected chi connectivity index (χ4v) is 12.5. The van der Waals surface area contributed by atoms with E-state index in [0.717, 1.165) is 43.4 Å². The number of nitrogens with zero attached hydrogens (tertiary/aromatic N) is 3. The molecule has 3 amide bonds. The van der Waals surface area contributed by atoms with Gasteiger partial charge in [-0.1, -0.05) is 44.6 Å². The fourth-order valence-electron chi connectivity index (χ4n) is 10.4. The van der Waals surface area contributed by atoms with Gasteiger partial charge in [-0.2, -0.15) is 0 Å². The quantitative estimate of drug-likeness (QED) is 0.0246. The highest BCUT2D eigenvalue weighted by atomic mass is 32.2. The summed E-state index contributed by atoms with van der Waals surface area (Å²) in [7, 11) is 6.72. The molecule has 2 fully saturated rings. The van der Waals surface area contributed by atoms with Gasteiger partial charge in [-0.05, 0) is 74.8 Å². The van der Waals surface area contributed by atoms with Crippen LogP contribution in [-0.4, -0.2) is 148 Å². The number of nitrogens with one attached hydrogen (secondary N) is 1. The third-order valence-electron chi connectivity index (χ3n) is 13.8. The monoisotopic (exact) mass is 1020 g/mol. The Morgan fingerprint density at radius 2 is 1.68 bits per heavy atom.